The number of hydrogen-bond donors (Lipinski definition) is 1. The highest BCUT2D eigenvalue weighted by molar-refractivity contribution is 7.99. The van der Waals surface area contributed by atoms with Gasteiger partial charge in [-0.3, -0.25) is 9.36 Å². The van der Waals surface area contributed by atoms with Crippen LogP contribution in [0.3, 0.4) is 0 Å². The van der Waals surface area contributed by atoms with E-state index in [4.69, 9.17) is 4.74 Å². The van der Waals surface area contributed by atoms with Crippen LogP contribution in [0.5, 0.6) is 5.75 Å². The first-order valence-corrected chi connectivity index (χ1v) is 10.2. The highest BCUT2D eigenvalue weighted by atomic mass is 32.2. The number of rotatable bonds is 8. The van der Waals surface area contributed by atoms with Crippen LogP contribution in [0.25, 0.3) is 5.69 Å². The number of halogens is 3. The molecule has 3 aromatic rings. The van der Waals surface area contributed by atoms with Gasteiger partial charge in [-0.25, -0.2) is 4.98 Å². The number of ether oxygens (including phenoxy) is 1. The third-order valence-electron chi connectivity index (χ3n) is 4.09. The average molecular weight is 451 g/mol. The highest BCUT2D eigenvalue weighted by Gasteiger charge is 2.30. The molecule has 7 nitrogen and oxygen atoms in total. The third kappa shape index (κ3) is 5.97. The largest absolute Gasteiger partial charge is 0.494 e. The number of nitrogens with zero attached hydrogens (tertiary/aromatic N) is 4. The average Bonchev–Trinajstić information content (AvgIpc) is 3.10. The Labute approximate surface area is 181 Å². The summed E-state index contributed by atoms with van der Waals surface area (Å²) in [6.07, 6.45) is -3.24. The Bertz CT molecular complexity index is 1020. The molecule has 2 heterocycles. The molecule has 1 N–H and O–H groups in total. The van der Waals surface area contributed by atoms with Crippen LogP contribution < -0.4 is 10.1 Å². The lowest BCUT2D eigenvalue weighted by molar-refractivity contribution is -0.137. The summed E-state index contributed by atoms with van der Waals surface area (Å²) in [6, 6.07) is 9.55. The van der Waals surface area contributed by atoms with Crippen LogP contribution in [-0.4, -0.2) is 38.8 Å². The molecule has 164 valence electrons. The minimum absolute atomic E-state index is 0.157. The van der Waals surface area contributed by atoms with Gasteiger partial charge in [0.05, 0.1) is 12.2 Å². The topological polar surface area (TPSA) is 81.9 Å². The Morgan fingerprint density at radius 3 is 2.48 bits per heavy atom. The first kappa shape index (κ1) is 22.6. The fraction of sp³-hybridized carbons (Fsp3) is 0.300. The fourth-order valence-corrected chi connectivity index (χ4v) is 3.51. The molecular formula is C20H20F3N5O2S. The van der Waals surface area contributed by atoms with E-state index >= 15 is 0 Å². The SMILES string of the molecule is CCOc1ccc(-n2c(CCNC(C)=O)nnc2Sc2ccc(C(F)(F)F)cn2)cc1. The summed E-state index contributed by atoms with van der Waals surface area (Å²) < 4.78 is 45.6. The maximum absolute atomic E-state index is 12.8. The Morgan fingerprint density at radius 2 is 1.90 bits per heavy atom. The maximum atomic E-state index is 12.8. The number of carbonyl (C=O) groups excluding carboxylic acids is 1. The Hall–Kier alpha value is -3.08. The number of aromatic nitrogens is 4. The van der Waals surface area contributed by atoms with E-state index in [2.05, 4.69) is 20.5 Å². The van der Waals surface area contributed by atoms with Crippen molar-refractivity contribution in [1.29, 1.82) is 0 Å². The summed E-state index contributed by atoms with van der Waals surface area (Å²) in [6.45, 7) is 4.22. The van der Waals surface area contributed by atoms with Crippen molar-refractivity contribution in [2.75, 3.05) is 13.2 Å². The molecule has 0 aliphatic carbocycles. The van der Waals surface area contributed by atoms with Crippen molar-refractivity contribution in [1.82, 2.24) is 25.1 Å². The van der Waals surface area contributed by atoms with E-state index in [1.807, 2.05) is 19.1 Å². The van der Waals surface area contributed by atoms with Crippen LogP contribution in [-0.2, 0) is 17.4 Å². The lowest BCUT2D eigenvalue weighted by Gasteiger charge is -2.12. The number of alkyl halides is 3. The monoisotopic (exact) mass is 451 g/mol. The third-order valence-corrected chi connectivity index (χ3v) is 4.99. The molecule has 2 aromatic heterocycles. The van der Waals surface area contributed by atoms with Crippen LogP contribution >= 0.6 is 11.8 Å². The minimum Gasteiger partial charge on any atom is -0.494 e. The number of carbonyl (C=O) groups is 1. The number of amides is 1. The zero-order chi connectivity index (χ0) is 22.4. The molecule has 0 radical (unpaired) electrons. The molecule has 1 aromatic carbocycles. The number of hydrogen-bond acceptors (Lipinski definition) is 6. The standard InChI is InChI=1S/C20H20F3N5O2S/c1-3-30-16-7-5-15(6-8-16)28-17(10-11-24-13(2)29)26-27-19(28)31-18-9-4-14(12-25-18)20(21,22)23/h4-9,12H,3,10-11H2,1-2H3,(H,24,29). The molecule has 0 unspecified atom stereocenters. The summed E-state index contributed by atoms with van der Waals surface area (Å²) in [5.41, 5.74) is -0.0680. The second kappa shape index (κ2) is 9.82. The first-order valence-electron chi connectivity index (χ1n) is 9.41. The smallest absolute Gasteiger partial charge is 0.417 e. The predicted molar refractivity (Wildman–Crippen MR) is 108 cm³/mol. The van der Waals surface area contributed by atoms with Gasteiger partial charge in [0.15, 0.2) is 0 Å². The normalized spacial score (nSPS) is 11.4. The lowest BCUT2D eigenvalue weighted by atomic mass is 10.3. The number of pyridine rings is 1. The first-order chi connectivity index (χ1) is 14.8. The molecule has 0 spiro atoms. The van der Waals surface area contributed by atoms with Crippen LogP contribution in [0.4, 0.5) is 13.2 Å². The Balaban J connectivity index is 1.90. The lowest BCUT2D eigenvalue weighted by Crippen LogP contribution is -2.23. The van der Waals surface area contributed by atoms with E-state index in [9.17, 15) is 18.0 Å². The molecule has 0 aliphatic heterocycles. The van der Waals surface area contributed by atoms with E-state index < -0.39 is 11.7 Å². The van der Waals surface area contributed by atoms with Gasteiger partial charge >= 0.3 is 6.18 Å². The second-order valence-electron chi connectivity index (χ2n) is 6.38. The van der Waals surface area contributed by atoms with Gasteiger partial charge in [0.2, 0.25) is 11.1 Å². The van der Waals surface area contributed by atoms with Crippen molar-refractivity contribution in [2.45, 2.75) is 36.6 Å². The van der Waals surface area contributed by atoms with Crippen LogP contribution in [0.1, 0.15) is 25.2 Å². The van der Waals surface area contributed by atoms with Crippen molar-refractivity contribution in [3.63, 3.8) is 0 Å². The molecule has 0 bridgehead atoms. The Kier molecular flexibility index (Phi) is 7.16. The van der Waals surface area contributed by atoms with E-state index in [0.717, 1.165) is 29.7 Å². The second-order valence-corrected chi connectivity index (χ2v) is 7.37. The van der Waals surface area contributed by atoms with Crippen LogP contribution in [0, 0.1) is 0 Å². The van der Waals surface area contributed by atoms with E-state index in [1.54, 1.807) is 16.7 Å². The maximum Gasteiger partial charge on any atom is 0.417 e. The van der Waals surface area contributed by atoms with Gasteiger partial charge in [-0.1, -0.05) is 0 Å². The molecular weight excluding hydrogens is 431 g/mol. The van der Waals surface area contributed by atoms with Crippen molar-refractivity contribution >= 4 is 17.7 Å². The predicted octanol–water partition coefficient (Wildman–Crippen LogP) is 3.91. The van der Waals surface area contributed by atoms with Gasteiger partial charge in [-0.05, 0) is 55.1 Å². The summed E-state index contributed by atoms with van der Waals surface area (Å²) in [5, 5.41) is 11.9. The zero-order valence-corrected chi connectivity index (χ0v) is 17.6. The summed E-state index contributed by atoms with van der Waals surface area (Å²) in [7, 11) is 0. The van der Waals surface area contributed by atoms with Crippen molar-refractivity contribution in [2.24, 2.45) is 0 Å². The fourth-order valence-electron chi connectivity index (χ4n) is 2.70. The zero-order valence-electron chi connectivity index (χ0n) is 16.8. The molecule has 3 rings (SSSR count). The molecule has 0 aliphatic rings. The van der Waals surface area contributed by atoms with Crippen molar-refractivity contribution in [3.05, 3.63) is 54.0 Å². The Morgan fingerprint density at radius 1 is 1.16 bits per heavy atom. The molecule has 0 fully saturated rings. The van der Waals surface area contributed by atoms with Crippen molar-refractivity contribution < 1.29 is 22.7 Å². The highest BCUT2D eigenvalue weighted by Crippen LogP contribution is 2.32. The summed E-state index contributed by atoms with van der Waals surface area (Å²) >= 11 is 1.10. The molecule has 0 atom stereocenters. The van der Waals surface area contributed by atoms with Gasteiger partial charge in [0.1, 0.15) is 16.6 Å². The number of nitrogens with one attached hydrogen (secondary N) is 1. The van der Waals surface area contributed by atoms with Gasteiger partial charge in [-0.2, -0.15) is 13.2 Å². The minimum atomic E-state index is -4.45. The van der Waals surface area contributed by atoms with Gasteiger partial charge in [-0.15, -0.1) is 10.2 Å². The molecule has 11 heteroatoms. The molecule has 0 saturated carbocycles. The van der Waals surface area contributed by atoms with E-state index in [0.29, 0.717) is 41.3 Å². The van der Waals surface area contributed by atoms with Crippen LogP contribution in [0.2, 0.25) is 0 Å². The van der Waals surface area contributed by atoms with E-state index in [1.165, 1.54) is 13.0 Å². The quantitative estimate of drug-likeness (QED) is 0.559. The van der Waals surface area contributed by atoms with Gasteiger partial charge < -0.3 is 10.1 Å². The van der Waals surface area contributed by atoms with Gasteiger partial charge in [0, 0.05) is 31.8 Å². The summed E-state index contributed by atoms with van der Waals surface area (Å²) in [4.78, 5) is 15.1. The van der Waals surface area contributed by atoms with Gasteiger partial charge in [0.25, 0.3) is 0 Å². The van der Waals surface area contributed by atoms with E-state index in [-0.39, 0.29) is 5.91 Å². The summed E-state index contributed by atoms with van der Waals surface area (Å²) in [5.74, 6) is 1.14. The number of benzene rings is 1. The van der Waals surface area contributed by atoms with Crippen molar-refractivity contribution in [3.8, 4) is 11.4 Å². The van der Waals surface area contributed by atoms with Crippen LogP contribution in [0.15, 0.2) is 52.8 Å². The molecule has 1 amide bonds. The molecule has 0 saturated heterocycles. The molecule has 31 heavy (non-hydrogen) atoms.